The third-order valence-electron chi connectivity index (χ3n) is 4.97. The standard InChI is InChI=1S/C27H32ClNO2/c1-5-8-9-10-21(4)27(28)26(22-11-15-24(30)16-12-22)23-13-17-25(18-14-23)31-20-19-29(6-2)7-3/h5,8-18,30H,4,6-7,19-20H2,1-3H3/b8-5-,10-9-,27-26+. The maximum Gasteiger partial charge on any atom is 0.119 e. The maximum absolute atomic E-state index is 9.69. The highest BCUT2D eigenvalue weighted by Crippen LogP contribution is 2.34. The number of phenolic OH excluding ortho intramolecular Hbond substituents is 1. The van der Waals surface area contributed by atoms with E-state index >= 15 is 0 Å². The number of allylic oxidation sites excluding steroid dienone is 6. The first-order valence-electron chi connectivity index (χ1n) is 10.6. The van der Waals surface area contributed by atoms with Crippen LogP contribution in [0, 0.1) is 0 Å². The van der Waals surface area contributed by atoms with Gasteiger partial charge in [0.05, 0.1) is 5.03 Å². The number of likely N-dealkylation sites (N-methyl/N-ethyl adjacent to an activating group) is 1. The molecule has 4 heteroatoms. The highest BCUT2D eigenvalue weighted by Gasteiger charge is 2.13. The van der Waals surface area contributed by atoms with Crippen molar-refractivity contribution in [3.05, 3.63) is 101 Å². The van der Waals surface area contributed by atoms with Gasteiger partial charge in [-0.15, -0.1) is 0 Å². The molecule has 31 heavy (non-hydrogen) atoms. The lowest BCUT2D eigenvalue weighted by molar-refractivity contribution is 0.223. The number of hydrogen-bond donors (Lipinski definition) is 1. The summed E-state index contributed by atoms with van der Waals surface area (Å²) in [5.74, 6) is 1.03. The Labute approximate surface area is 191 Å². The minimum absolute atomic E-state index is 0.211. The number of aromatic hydroxyl groups is 1. The SMILES string of the molecule is C=C(/C=C\C=C/C)/C(Cl)=C(/c1ccc(O)cc1)c1ccc(OCCN(CC)CC)cc1. The van der Waals surface area contributed by atoms with Crippen LogP contribution < -0.4 is 4.74 Å². The zero-order chi connectivity index (χ0) is 22.6. The Hall–Kier alpha value is -2.75. The summed E-state index contributed by atoms with van der Waals surface area (Å²) in [5, 5.41) is 10.2. The van der Waals surface area contributed by atoms with E-state index in [2.05, 4.69) is 25.3 Å². The van der Waals surface area contributed by atoms with Gasteiger partial charge in [-0.2, -0.15) is 0 Å². The Bertz CT molecular complexity index is 921. The van der Waals surface area contributed by atoms with Gasteiger partial charge in [-0.05, 0) is 61.0 Å². The number of ether oxygens (including phenoxy) is 1. The highest BCUT2D eigenvalue weighted by molar-refractivity contribution is 6.36. The second kappa shape index (κ2) is 12.8. The molecule has 0 atom stereocenters. The fourth-order valence-electron chi connectivity index (χ4n) is 3.12. The second-order valence-electron chi connectivity index (χ2n) is 7.05. The Kier molecular flexibility index (Phi) is 10.2. The molecule has 164 valence electrons. The van der Waals surface area contributed by atoms with Crippen molar-refractivity contribution in [2.75, 3.05) is 26.2 Å². The summed E-state index contributed by atoms with van der Waals surface area (Å²) in [6.45, 7) is 14.0. The van der Waals surface area contributed by atoms with E-state index in [1.807, 2.05) is 67.6 Å². The van der Waals surface area contributed by atoms with Crippen molar-refractivity contribution >= 4 is 17.2 Å². The Morgan fingerprint density at radius 1 is 1.00 bits per heavy atom. The first kappa shape index (κ1) is 24.5. The fourth-order valence-corrected chi connectivity index (χ4v) is 3.40. The third kappa shape index (κ3) is 7.46. The van der Waals surface area contributed by atoms with Gasteiger partial charge in [0.2, 0.25) is 0 Å². The van der Waals surface area contributed by atoms with E-state index in [0.29, 0.717) is 17.2 Å². The molecule has 2 rings (SSSR count). The molecule has 0 saturated carbocycles. The van der Waals surface area contributed by atoms with Gasteiger partial charge < -0.3 is 14.7 Å². The van der Waals surface area contributed by atoms with Crippen molar-refractivity contribution in [3.63, 3.8) is 0 Å². The van der Waals surface area contributed by atoms with Crippen LogP contribution in [0.2, 0.25) is 0 Å². The van der Waals surface area contributed by atoms with E-state index in [0.717, 1.165) is 42.1 Å². The van der Waals surface area contributed by atoms with Gasteiger partial charge in [-0.1, -0.05) is 80.6 Å². The van der Waals surface area contributed by atoms with Crippen LogP contribution in [0.25, 0.3) is 5.57 Å². The van der Waals surface area contributed by atoms with Gasteiger partial charge in [0.15, 0.2) is 0 Å². The summed E-state index contributed by atoms with van der Waals surface area (Å²) in [7, 11) is 0. The van der Waals surface area contributed by atoms with Crippen LogP contribution in [0.5, 0.6) is 11.5 Å². The Morgan fingerprint density at radius 3 is 2.13 bits per heavy atom. The second-order valence-corrected chi connectivity index (χ2v) is 7.42. The van der Waals surface area contributed by atoms with Crippen molar-refractivity contribution in [2.24, 2.45) is 0 Å². The van der Waals surface area contributed by atoms with Crippen LogP contribution in [0.4, 0.5) is 0 Å². The van der Waals surface area contributed by atoms with Crippen LogP contribution >= 0.6 is 11.6 Å². The number of phenols is 1. The molecule has 1 N–H and O–H groups in total. The Balaban J connectivity index is 2.31. The first-order valence-corrected chi connectivity index (χ1v) is 11.0. The molecule has 2 aromatic carbocycles. The molecule has 0 amide bonds. The van der Waals surface area contributed by atoms with Crippen molar-refractivity contribution in [3.8, 4) is 11.5 Å². The molecule has 0 spiro atoms. The van der Waals surface area contributed by atoms with Gasteiger partial charge in [0.1, 0.15) is 18.1 Å². The summed E-state index contributed by atoms with van der Waals surface area (Å²) in [5.41, 5.74) is 3.42. The number of hydrogen-bond acceptors (Lipinski definition) is 3. The molecule has 0 unspecified atom stereocenters. The molecule has 0 radical (unpaired) electrons. The van der Waals surface area contributed by atoms with E-state index in [1.54, 1.807) is 12.1 Å². The monoisotopic (exact) mass is 437 g/mol. The normalized spacial score (nSPS) is 12.5. The molecular weight excluding hydrogens is 406 g/mol. The van der Waals surface area contributed by atoms with E-state index in [9.17, 15) is 5.11 Å². The predicted octanol–water partition coefficient (Wildman–Crippen LogP) is 6.80. The lowest BCUT2D eigenvalue weighted by Gasteiger charge is -2.18. The molecule has 0 aromatic heterocycles. The zero-order valence-corrected chi connectivity index (χ0v) is 19.4. The van der Waals surface area contributed by atoms with E-state index in [4.69, 9.17) is 16.3 Å². The van der Waals surface area contributed by atoms with Gasteiger partial charge >= 0.3 is 0 Å². The highest BCUT2D eigenvalue weighted by atomic mass is 35.5. The lowest BCUT2D eigenvalue weighted by Crippen LogP contribution is -2.27. The van der Waals surface area contributed by atoms with E-state index < -0.39 is 0 Å². The summed E-state index contributed by atoms with van der Waals surface area (Å²) >= 11 is 6.78. The van der Waals surface area contributed by atoms with Gasteiger partial charge in [-0.25, -0.2) is 0 Å². The number of halogens is 1. The van der Waals surface area contributed by atoms with Crippen LogP contribution in [0.15, 0.2) is 90.0 Å². The minimum atomic E-state index is 0.211. The lowest BCUT2D eigenvalue weighted by atomic mass is 9.95. The van der Waals surface area contributed by atoms with Crippen molar-refractivity contribution in [1.29, 1.82) is 0 Å². The van der Waals surface area contributed by atoms with E-state index in [-0.39, 0.29) is 5.75 Å². The number of benzene rings is 2. The third-order valence-corrected chi connectivity index (χ3v) is 5.40. The van der Waals surface area contributed by atoms with Gasteiger partial charge in [0, 0.05) is 12.1 Å². The molecule has 0 fully saturated rings. The molecule has 0 aliphatic heterocycles. The van der Waals surface area contributed by atoms with Gasteiger partial charge in [0.25, 0.3) is 0 Å². The van der Waals surface area contributed by atoms with E-state index in [1.165, 1.54) is 0 Å². The summed E-state index contributed by atoms with van der Waals surface area (Å²) in [6, 6.07) is 14.9. The van der Waals surface area contributed by atoms with Gasteiger partial charge in [-0.3, -0.25) is 0 Å². The predicted molar refractivity (Wildman–Crippen MR) is 133 cm³/mol. The molecule has 0 aliphatic rings. The Morgan fingerprint density at radius 2 is 1.58 bits per heavy atom. The maximum atomic E-state index is 9.69. The molecule has 0 heterocycles. The quantitative estimate of drug-likeness (QED) is 0.392. The molecule has 0 aliphatic carbocycles. The summed E-state index contributed by atoms with van der Waals surface area (Å²) in [4.78, 5) is 2.33. The minimum Gasteiger partial charge on any atom is -0.508 e. The van der Waals surface area contributed by atoms with Crippen molar-refractivity contribution < 1.29 is 9.84 Å². The van der Waals surface area contributed by atoms with Crippen LogP contribution in [-0.4, -0.2) is 36.2 Å². The molecule has 0 bridgehead atoms. The average molecular weight is 438 g/mol. The molecule has 0 saturated heterocycles. The van der Waals surface area contributed by atoms with Crippen LogP contribution in [-0.2, 0) is 0 Å². The number of nitrogens with zero attached hydrogens (tertiary/aromatic N) is 1. The molecular formula is C27H32ClNO2. The topological polar surface area (TPSA) is 32.7 Å². The summed E-state index contributed by atoms with van der Waals surface area (Å²) in [6.07, 6.45) is 7.67. The van der Waals surface area contributed by atoms with Crippen molar-refractivity contribution in [1.82, 2.24) is 4.90 Å². The average Bonchev–Trinajstić information content (AvgIpc) is 2.79. The zero-order valence-electron chi connectivity index (χ0n) is 18.6. The summed E-state index contributed by atoms with van der Waals surface area (Å²) < 4.78 is 5.91. The fraction of sp³-hybridized carbons (Fsp3) is 0.259. The smallest absolute Gasteiger partial charge is 0.119 e. The number of rotatable bonds is 11. The molecule has 2 aromatic rings. The van der Waals surface area contributed by atoms with Crippen molar-refractivity contribution in [2.45, 2.75) is 20.8 Å². The molecule has 3 nitrogen and oxygen atoms in total. The first-order chi connectivity index (χ1) is 15.0. The van der Waals surface area contributed by atoms with Crippen LogP contribution in [0.1, 0.15) is 31.9 Å². The van der Waals surface area contributed by atoms with Crippen LogP contribution in [0.3, 0.4) is 0 Å². The largest absolute Gasteiger partial charge is 0.508 e.